The summed E-state index contributed by atoms with van der Waals surface area (Å²) in [5.41, 5.74) is 4.17. The summed E-state index contributed by atoms with van der Waals surface area (Å²) in [5.74, 6) is -3.97. The molecule has 0 aliphatic carbocycles. The first kappa shape index (κ1) is 30.4. The minimum Gasteiger partial charge on any atom is -0.389 e. The highest BCUT2D eigenvalue weighted by molar-refractivity contribution is 5.81. The van der Waals surface area contributed by atoms with Crippen molar-refractivity contribution in [3.8, 4) is 0 Å². The Labute approximate surface area is 266 Å². The number of halogens is 4. The van der Waals surface area contributed by atoms with Crippen LogP contribution in [0.3, 0.4) is 0 Å². The zero-order valence-electron chi connectivity index (χ0n) is 25.0. The van der Waals surface area contributed by atoms with Crippen molar-refractivity contribution >= 4 is 27.8 Å². The van der Waals surface area contributed by atoms with Gasteiger partial charge in [0.2, 0.25) is 0 Å². The van der Waals surface area contributed by atoms with Crippen LogP contribution >= 0.6 is 0 Å². The molecule has 0 unspecified atom stereocenters. The Morgan fingerprint density at radius 2 is 1.15 bits per heavy atom. The van der Waals surface area contributed by atoms with E-state index in [1.807, 2.05) is 36.4 Å². The first-order valence-corrected chi connectivity index (χ1v) is 15.2. The standard InChI is InChI=1S/C35H30F4N6O2/c36-26-6-1-20(13-28(26)38)5-10-32-34(46)33(15-21-2-7-27(37)29(39)14-21)45(19-23-4-9-31-25(12-23)17-41-43-31)35(47)44(32)18-22-3-8-30-24(11-22)16-40-42-30/h1-4,6-9,11-14,16-17,32-34,46H,5,10,15,18-19H2,(H,40,42)(H,41,43)/t32-,33-,34-/m1/s1. The van der Waals surface area contributed by atoms with E-state index >= 15 is 0 Å². The molecule has 3 heterocycles. The normalized spacial score (nSPS) is 18.5. The third-order valence-corrected chi connectivity index (χ3v) is 8.94. The Morgan fingerprint density at radius 3 is 1.72 bits per heavy atom. The lowest BCUT2D eigenvalue weighted by molar-refractivity contribution is -0.0453. The van der Waals surface area contributed by atoms with Gasteiger partial charge >= 0.3 is 6.03 Å². The fourth-order valence-electron chi connectivity index (χ4n) is 6.49. The second-order valence-corrected chi connectivity index (χ2v) is 12.0. The van der Waals surface area contributed by atoms with Gasteiger partial charge in [0, 0.05) is 23.9 Å². The van der Waals surface area contributed by atoms with Gasteiger partial charge in [0.1, 0.15) is 0 Å². The average Bonchev–Trinajstić information content (AvgIpc) is 3.73. The summed E-state index contributed by atoms with van der Waals surface area (Å²) in [6.07, 6.45) is 2.74. The Balaban J connectivity index is 1.26. The zero-order chi connectivity index (χ0) is 32.7. The molecule has 1 saturated heterocycles. The van der Waals surface area contributed by atoms with Gasteiger partial charge in [0.15, 0.2) is 23.3 Å². The number of aromatic amines is 2. The van der Waals surface area contributed by atoms with E-state index in [1.54, 1.807) is 22.2 Å². The molecule has 47 heavy (non-hydrogen) atoms. The minimum atomic E-state index is -1.15. The van der Waals surface area contributed by atoms with E-state index in [1.165, 1.54) is 12.1 Å². The molecule has 1 aliphatic heterocycles. The number of aliphatic hydroxyl groups is 1. The number of aromatic nitrogens is 4. The highest BCUT2D eigenvalue weighted by Crippen LogP contribution is 2.32. The minimum absolute atomic E-state index is 0.0502. The SMILES string of the molecule is O=C1N(Cc2ccc3[nH]ncc3c2)[C@H](CCc2ccc(F)c(F)c2)[C@@H](O)[C@@H](Cc2ccc(F)c(F)c2)N1Cc1ccc2[nH]ncc2c1. The van der Waals surface area contributed by atoms with Crippen LogP contribution in [0.1, 0.15) is 28.7 Å². The number of nitrogens with one attached hydrogen (secondary N) is 2. The molecule has 12 heteroatoms. The van der Waals surface area contributed by atoms with E-state index in [9.17, 15) is 27.5 Å². The van der Waals surface area contributed by atoms with E-state index < -0.39 is 41.5 Å². The maximum atomic E-state index is 14.6. The number of hydrogen-bond donors (Lipinski definition) is 3. The molecule has 3 N–H and O–H groups in total. The molecule has 8 nitrogen and oxygen atoms in total. The van der Waals surface area contributed by atoms with Gasteiger partial charge in [0.25, 0.3) is 0 Å². The van der Waals surface area contributed by atoms with Gasteiger partial charge in [-0.3, -0.25) is 10.2 Å². The highest BCUT2D eigenvalue weighted by Gasteiger charge is 2.45. The number of amides is 2. The third kappa shape index (κ3) is 6.16. The molecule has 0 spiro atoms. The van der Waals surface area contributed by atoms with Crippen molar-refractivity contribution in [3.05, 3.63) is 131 Å². The van der Waals surface area contributed by atoms with Gasteiger partial charge in [-0.05, 0) is 90.0 Å². The number of benzene rings is 4. The summed E-state index contributed by atoms with van der Waals surface area (Å²) >= 11 is 0. The largest absolute Gasteiger partial charge is 0.389 e. The Bertz CT molecular complexity index is 2080. The Morgan fingerprint density at radius 1 is 0.638 bits per heavy atom. The molecule has 7 rings (SSSR count). The molecular formula is C35H30F4N6O2. The number of nitrogens with zero attached hydrogens (tertiary/aromatic N) is 4. The van der Waals surface area contributed by atoms with Crippen molar-refractivity contribution in [2.45, 2.75) is 50.5 Å². The van der Waals surface area contributed by atoms with Crippen molar-refractivity contribution in [3.63, 3.8) is 0 Å². The molecule has 3 atom stereocenters. The van der Waals surface area contributed by atoms with Gasteiger partial charge in [-0.1, -0.05) is 24.3 Å². The lowest BCUT2D eigenvalue weighted by Gasteiger charge is -2.49. The topological polar surface area (TPSA) is 101 Å². The molecule has 6 aromatic rings. The quantitative estimate of drug-likeness (QED) is 0.159. The van der Waals surface area contributed by atoms with Crippen LogP contribution in [0, 0.1) is 23.3 Å². The predicted octanol–water partition coefficient (Wildman–Crippen LogP) is 6.41. The number of urea groups is 1. The summed E-state index contributed by atoms with van der Waals surface area (Å²) in [6, 6.07) is 16.5. The molecule has 0 saturated carbocycles. The van der Waals surface area contributed by atoms with Crippen molar-refractivity contribution in [1.29, 1.82) is 0 Å². The smallest absolute Gasteiger partial charge is 0.321 e. The van der Waals surface area contributed by atoms with Gasteiger partial charge in [-0.15, -0.1) is 0 Å². The van der Waals surface area contributed by atoms with Crippen LogP contribution in [0.5, 0.6) is 0 Å². The van der Waals surface area contributed by atoms with E-state index in [4.69, 9.17) is 0 Å². The fraction of sp³-hybridized carbons (Fsp3) is 0.229. The number of carbonyl (C=O) groups is 1. The molecule has 1 aliphatic rings. The van der Waals surface area contributed by atoms with Crippen LogP contribution in [-0.2, 0) is 25.9 Å². The third-order valence-electron chi connectivity index (χ3n) is 8.94. The van der Waals surface area contributed by atoms with Crippen LogP contribution in [0.25, 0.3) is 21.8 Å². The summed E-state index contributed by atoms with van der Waals surface area (Å²) < 4.78 is 55.9. The monoisotopic (exact) mass is 642 g/mol. The lowest BCUT2D eigenvalue weighted by Crippen LogP contribution is -2.66. The van der Waals surface area contributed by atoms with Crippen LogP contribution < -0.4 is 0 Å². The van der Waals surface area contributed by atoms with Crippen LogP contribution in [0.2, 0.25) is 0 Å². The number of rotatable bonds is 9. The second kappa shape index (κ2) is 12.5. The van der Waals surface area contributed by atoms with Crippen LogP contribution in [0.15, 0.2) is 85.2 Å². The van der Waals surface area contributed by atoms with Crippen molar-refractivity contribution in [2.24, 2.45) is 0 Å². The Kier molecular flexibility index (Phi) is 8.10. The molecule has 2 aromatic heterocycles. The number of fused-ring (bicyclic) bond motifs is 2. The number of H-pyrrole nitrogens is 2. The van der Waals surface area contributed by atoms with Gasteiger partial charge < -0.3 is 14.9 Å². The fourth-order valence-corrected chi connectivity index (χ4v) is 6.49. The van der Waals surface area contributed by atoms with Crippen molar-refractivity contribution in [2.75, 3.05) is 0 Å². The predicted molar refractivity (Wildman–Crippen MR) is 167 cm³/mol. The van der Waals surface area contributed by atoms with E-state index in [2.05, 4.69) is 20.4 Å². The molecule has 0 bridgehead atoms. The Hall–Kier alpha value is -5.23. The summed E-state index contributed by atoms with van der Waals surface area (Å²) in [7, 11) is 0. The zero-order valence-corrected chi connectivity index (χ0v) is 25.0. The molecular weight excluding hydrogens is 612 g/mol. The maximum absolute atomic E-state index is 14.6. The van der Waals surface area contributed by atoms with E-state index in [0.717, 1.165) is 57.2 Å². The van der Waals surface area contributed by atoms with E-state index in [-0.39, 0.29) is 38.4 Å². The lowest BCUT2D eigenvalue weighted by atomic mass is 9.88. The molecule has 240 valence electrons. The van der Waals surface area contributed by atoms with Gasteiger partial charge in [-0.2, -0.15) is 10.2 Å². The van der Waals surface area contributed by atoms with E-state index in [0.29, 0.717) is 11.1 Å². The van der Waals surface area contributed by atoms with Gasteiger partial charge in [0.05, 0.1) is 41.6 Å². The molecule has 4 aromatic carbocycles. The number of hydrogen-bond acceptors (Lipinski definition) is 4. The number of carbonyl (C=O) groups excluding carboxylic acids is 1. The van der Waals surface area contributed by atoms with Crippen molar-refractivity contribution < 1.29 is 27.5 Å². The van der Waals surface area contributed by atoms with Crippen molar-refractivity contribution in [1.82, 2.24) is 30.2 Å². The second-order valence-electron chi connectivity index (χ2n) is 12.0. The molecule has 2 amide bonds. The van der Waals surface area contributed by atoms with Gasteiger partial charge in [-0.25, -0.2) is 22.4 Å². The average molecular weight is 643 g/mol. The first-order valence-electron chi connectivity index (χ1n) is 15.2. The summed E-state index contributed by atoms with van der Waals surface area (Å²) in [6.45, 7) is 0.271. The molecule has 0 radical (unpaired) electrons. The van der Waals surface area contributed by atoms with Crippen LogP contribution in [-0.4, -0.2) is 59.5 Å². The number of aliphatic hydroxyl groups excluding tert-OH is 1. The van der Waals surface area contributed by atoms with Crippen LogP contribution in [0.4, 0.5) is 22.4 Å². The number of aryl methyl sites for hydroxylation is 1. The summed E-state index contributed by atoms with van der Waals surface area (Å²) in [5, 5.41) is 27.8. The maximum Gasteiger partial charge on any atom is 0.321 e. The first-order chi connectivity index (χ1) is 22.7. The summed E-state index contributed by atoms with van der Waals surface area (Å²) in [4.78, 5) is 17.8. The molecule has 1 fully saturated rings. The highest BCUT2D eigenvalue weighted by atomic mass is 19.2.